The van der Waals surface area contributed by atoms with Crippen LogP contribution < -0.4 is 10.6 Å². The van der Waals surface area contributed by atoms with Gasteiger partial charge in [-0.15, -0.1) is 12.4 Å². The van der Waals surface area contributed by atoms with Crippen LogP contribution in [0.4, 0.5) is 10.1 Å². The lowest BCUT2D eigenvalue weighted by Crippen LogP contribution is -2.60. The lowest BCUT2D eigenvalue weighted by atomic mass is 9.79. The van der Waals surface area contributed by atoms with E-state index in [9.17, 15) is 9.18 Å². The summed E-state index contributed by atoms with van der Waals surface area (Å²) in [4.78, 5) is 17.0. The Morgan fingerprint density at radius 2 is 2.00 bits per heavy atom. The number of anilines is 1. The smallest absolute Gasteiger partial charge is 0.244 e. The van der Waals surface area contributed by atoms with Crippen molar-refractivity contribution in [3.63, 3.8) is 0 Å². The minimum atomic E-state index is -0.303. The zero-order chi connectivity index (χ0) is 16.6. The van der Waals surface area contributed by atoms with E-state index in [-0.39, 0.29) is 41.6 Å². The Kier molecular flexibility index (Phi) is 5.89. The van der Waals surface area contributed by atoms with Gasteiger partial charge < -0.3 is 10.6 Å². The van der Waals surface area contributed by atoms with Crippen molar-refractivity contribution >= 4 is 24.0 Å². The minimum Gasteiger partial charge on any atom is -0.327 e. The number of carbonyl (C=O) groups excluding carboxylic acids is 1. The molecule has 2 unspecified atom stereocenters. The van der Waals surface area contributed by atoms with Crippen LogP contribution in [-0.4, -0.2) is 42.5 Å². The summed E-state index contributed by atoms with van der Waals surface area (Å²) in [5.74, 6) is -0.212. The highest BCUT2D eigenvalue weighted by molar-refractivity contribution is 5.97. The number of nitrogens with zero attached hydrogens (tertiary/aromatic N) is 2. The SMILES string of the molecule is CC1(C)CN(C2CCCN(c3cccc(F)c3)C2=O)CCC1N.Cl. The highest BCUT2D eigenvalue weighted by Gasteiger charge is 2.40. The number of piperidine rings is 2. The van der Waals surface area contributed by atoms with Gasteiger partial charge in [0.15, 0.2) is 0 Å². The lowest BCUT2D eigenvalue weighted by molar-refractivity contribution is -0.126. The molecule has 3 rings (SSSR count). The Balaban J connectivity index is 0.00000208. The predicted molar refractivity (Wildman–Crippen MR) is 97.0 cm³/mol. The van der Waals surface area contributed by atoms with Crippen LogP contribution in [0.5, 0.6) is 0 Å². The number of hydrogen-bond acceptors (Lipinski definition) is 3. The maximum Gasteiger partial charge on any atom is 0.244 e. The normalized spacial score (nSPS) is 27.7. The number of nitrogens with two attached hydrogens (primary N) is 1. The summed E-state index contributed by atoms with van der Waals surface area (Å²) < 4.78 is 13.5. The molecule has 6 heteroatoms. The second-order valence-corrected chi connectivity index (χ2v) is 7.48. The van der Waals surface area contributed by atoms with E-state index in [0.717, 1.165) is 32.4 Å². The van der Waals surface area contributed by atoms with Gasteiger partial charge in [-0.25, -0.2) is 4.39 Å². The topological polar surface area (TPSA) is 49.6 Å². The number of carbonyl (C=O) groups is 1. The summed E-state index contributed by atoms with van der Waals surface area (Å²) in [6.07, 6.45) is 2.72. The monoisotopic (exact) mass is 355 g/mol. The minimum absolute atomic E-state index is 0. The van der Waals surface area contributed by atoms with E-state index in [2.05, 4.69) is 18.7 Å². The molecule has 2 aliphatic heterocycles. The molecular formula is C18H27ClFN3O. The highest BCUT2D eigenvalue weighted by atomic mass is 35.5. The molecule has 2 aliphatic rings. The summed E-state index contributed by atoms with van der Waals surface area (Å²) in [7, 11) is 0. The molecule has 2 heterocycles. The van der Waals surface area contributed by atoms with Crippen molar-refractivity contribution in [1.29, 1.82) is 0 Å². The van der Waals surface area contributed by atoms with Crippen LogP contribution in [0.15, 0.2) is 24.3 Å². The molecule has 4 nitrogen and oxygen atoms in total. The fraction of sp³-hybridized carbons (Fsp3) is 0.611. The van der Waals surface area contributed by atoms with Crippen molar-refractivity contribution in [1.82, 2.24) is 4.90 Å². The van der Waals surface area contributed by atoms with E-state index in [1.54, 1.807) is 17.0 Å². The van der Waals surface area contributed by atoms with Crippen LogP contribution in [0.2, 0.25) is 0 Å². The van der Waals surface area contributed by atoms with Gasteiger partial charge in [0.2, 0.25) is 5.91 Å². The molecule has 1 aromatic rings. The molecule has 134 valence electrons. The number of benzene rings is 1. The Morgan fingerprint density at radius 1 is 1.25 bits per heavy atom. The van der Waals surface area contributed by atoms with Crippen LogP contribution >= 0.6 is 12.4 Å². The van der Waals surface area contributed by atoms with Crippen LogP contribution in [0, 0.1) is 11.2 Å². The molecule has 0 bridgehead atoms. The predicted octanol–water partition coefficient (Wildman–Crippen LogP) is 2.80. The third-order valence-electron chi connectivity index (χ3n) is 5.31. The van der Waals surface area contributed by atoms with Crippen molar-refractivity contribution in [3.8, 4) is 0 Å². The van der Waals surface area contributed by atoms with Crippen LogP contribution in [0.1, 0.15) is 33.1 Å². The van der Waals surface area contributed by atoms with E-state index in [0.29, 0.717) is 12.2 Å². The molecule has 0 spiro atoms. The first-order valence-corrected chi connectivity index (χ1v) is 8.45. The zero-order valence-electron chi connectivity index (χ0n) is 14.4. The van der Waals surface area contributed by atoms with Gasteiger partial charge in [0.1, 0.15) is 5.82 Å². The van der Waals surface area contributed by atoms with Crippen molar-refractivity contribution in [2.24, 2.45) is 11.1 Å². The summed E-state index contributed by atoms with van der Waals surface area (Å²) in [6, 6.07) is 6.38. The molecule has 2 fully saturated rings. The van der Waals surface area contributed by atoms with Gasteiger partial charge in [0.05, 0.1) is 6.04 Å². The third-order valence-corrected chi connectivity index (χ3v) is 5.31. The quantitative estimate of drug-likeness (QED) is 0.887. The van der Waals surface area contributed by atoms with Crippen molar-refractivity contribution in [2.75, 3.05) is 24.5 Å². The Morgan fingerprint density at radius 3 is 2.67 bits per heavy atom. The maximum absolute atomic E-state index is 13.5. The fourth-order valence-corrected chi connectivity index (χ4v) is 3.78. The Bertz CT molecular complexity index is 595. The molecule has 2 atom stereocenters. The maximum atomic E-state index is 13.5. The molecule has 24 heavy (non-hydrogen) atoms. The van der Waals surface area contributed by atoms with Crippen LogP contribution in [-0.2, 0) is 4.79 Å². The van der Waals surface area contributed by atoms with Gasteiger partial charge in [0.25, 0.3) is 0 Å². The van der Waals surface area contributed by atoms with Crippen LogP contribution in [0.25, 0.3) is 0 Å². The van der Waals surface area contributed by atoms with E-state index in [1.165, 1.54) is 12.1 Å². The molecular weight excluding hydrogens is 329 g/mol. The fourth-order valence-electron chi connectivity index (χ4n) is 3.78. The molecule has 1 aromatic carbocycles. The van der Waals surface area contributed by atoms with Crippen molar-refractivity contribution in [3.05, 3.63) is 30.1 Å². The van der Waals surface area contributed by atoms with E-state index < -0.39 is 0 Å². The largest absolute Gasteiger partial charge is 0.327 e. The molecule has 2 saturated heterocycles. The van der Waals surface area contributed by atoms with Gasteiger partial charge in [-0.1, -0.05) is 19.9 Å². The first kappa shape index (κ1) is 19.2. The first-order chi connectivity index (χ1) is 10.9. The number of amides is 1. The second kappa shape index (κ2) is 7.38. The first-order valence-electron chi connectivity index (χ1n) is 8.45. The third kappa shape index (κ3) is 3.73. The van der Waals surface area contributed by atoms with Crippen molar-refractivity contribution in [2.45, 2.75) is 45.2 Å². The van der Waals surface area contributed by atoms with E-state index in [1.807, 2.05) is 0 Å². The van der Waals surface area contributed by atoms with Gasteiger partial charge >= 0.3 is 0 Å². The van der Waals surface area contributed by atoms with Crippen molar-refractivity contribution < 1.29 is 9.18 Å². The van der Waals surface area contributed by atoms with E-state index >= 15 is 0 Å². The standard InChI is InChI=1S/C18H26FN3O.ClH/c1-18(2)12-21(10-8-16(18)20)15-7-4-9-22(17(15)23)14-6-3-5-13(19)11-14;/h3,5-6,11,15-16H,4,7-10,12,20H2,1-2H3;1H. The summed E-state index contributed by atoms with van der Waals surface area (Å²) in [5.41, 5.74) is 6.88. The summed E-state index contributed by atoms with van der Waals surface area (Å²) >= 11 is 0. The molecule has 0 aliphatic carbocycles. The van der Waals surface area contributed by atoms with Gasteiger partial charge in [-0.05, 0) is 42.9 Å². The molecule has 1 amide bonds. The highest BCUT2D eigenvalue weighted by Crippen LogP contribution is 2.32. The summed E-state index contributed by atoms with van der Waals surface area (Å²) in [6.45, 7) is 6.69. The van der Waals surface area contributed by atoms with Gasteiger partial charge in [-0.2, -0.15) is 0 Å². The molecule has 0 aromatic heterocycles. The lowest BCUT2D eigenvalue weighted by Gasteiger charge is -2.47. The number of halogens is 2. The molecule has 2 N–H and O–H groups in total. The molecule has 0 saturated carbocycles. The average Bonchev–Trinajstić information content (AvgIpc) is 2.50. The zero-order valence-corrected chi connectivity index (χ0v) is 15.2. The van der Waals surface area contributed by atoms with Gasteiger partial charge in [-0.3, -0.25) is 9.69 Å². The number of likely N-dealkylation sites (tertiary alicyclic amines) is 1. The Labute approximate surface area is 149 Å². The van der Waals surface area contributed by atoms with Gasteiger partial charge in [0, 0.05) is 31.4 Å². The van der Waals surface area contributed by atoms with E-state index in [4.69, 9.17) is 5.73 Å². The number of rotatable bonds is 2. The van der Waals surface area contributed by atoms with Crippen LogP contribution in [0.3, 0.4) is 0 Å². The average molecular weight is 356 g/mol. The number of hydrogen-bond donors (Lipinski definition) is 1. The second-order valence-electron chi connectivity index (χ2n) is 7.48. The molecule has 0 radical (unpaired) electrons. The summed E-state index contributed by atoms with van der Waals surface area (Å²) in [5, 5.41) is 0. The Hall–Kier alpha value is -1.17.